The van der Waals surface area contributed by atoms with Gasteiger partial charge in [-0.05, 0) is 30.7 Å². The van der Waals surface area contributed by atoms with Crippen molar-refractivity contribution in [3.8, 4) is 0 Å². The smallest absolute Gasteiger partial charge is 0.0208 e. The lowest BCUT2D eigenvalue weighted by Crippen LogP contribution is -2.30. The molecule has 1 aliphatic carbocycles. The first-order chi connectivity index (χ1) is 7.90. The fraction of sp³-hybridized carbons (Fsp3) is 0.533. The van der Waals surface area contributed by atoms with Crippen molar-refractivity contribution < 1.29 is 0 Å². The van der Waals surface area contributed by atoms with Gasteiger partial charge in [-0.2, -0.15) is 0 Å². The third-order valence-electron chi connectivity index (χ3n) is 3.45. The van der Waals surface area contributed by atoms with E-state index in [-0.39, 0.29) is 0 Å². The highest BCUT2D eigenvalue weighted by Crippen LogP contribution is 2.31. The summed E-state index contributed by atoms with van der Waals surface area (Å²) >= 11 is 0. The Labute approximate surface area is 99.3 Å². The highest BCUT2D eigenvalue weighted by atomic mass is 14.9. The normalized spacial score (nSPS) is 21.4. The summed E-state index contributed by atoms with van der Waals surface area (Å²) in [6, 6.07) is 11.4. The van der Waals surface area contributed by atoms with E-state index in [2.05, 4.69) is 42.6 Å². The Morgan fingerprint density at radius 1 is 1.25 bits per heavy atom. The summed E-state index contributed by atoms with van der Waals surface area (Å²) in [7, 11) is 0. The van der Waals surface area contributed by atoms with Gasteiger partial charge >= 0.3 is 0 Å². The van der Waals surface area contributed by atoms with Gasteiger partial charge < -0.3 is 5.32 Å². The maximum atomic E-state index is 3.70. The number of hydrogen-bond acceptors (Lipinski definition) is 1. The van der Waals surface area contributed by atoms with Crippen LogP contribution in [0.15, 0.2) is 30.3 Å². The lowest BCUT2D eigenvalue weighted by atomic mass is 9.98. The topological polar surface area (TPSA) is 12.0 Å². The summed E-state index contributed by atoms with van der Waals surface area (Å²) in [4.78, 5) is 0. The van der Waals surface area contributed by atoms with E-state index in [9.17, 15) is 0 Å². The zero-order valence-electron chi connectivity index (χ0n) is 10.2. The molecule has 1 fully saturated rings. The third kappa shape index (κ3) is 3.08. The molecule has 16 heavy (non-hydrogen) atoms. The van der Waals surface area contributed by atoms with Crippen molar-refractivity contribution in [2.45, 2.75) is 51.6 Å². The fourth-order valence-corrected chi connectivity index (χ4v) is 2.62. The zero-order valence-corrected chi connectivity index (χ0v) is 10.2. The van der Waals surface area contributed by atoms with Crippen LogP contribution < -0.4 is 5.32 Å². The summed E-state index contributed by atoms with van der Waals surface area (Å²) in [6.45, 7) is 3.29. The van der Waals surface area contributed by atoms with Gasteiger partial charge in [0, 0.05) is 12.6 Å². The molecule has 0 saturated heterocycles. The molecule has 2 rings (SSSR count). The Kier molecular flexibility index (Phi) is 4.41. The van der Waals surface area contributed by atoms with E-state index in [1.807, 2.05) is 0 Å². The van der Waals surface area contributed by atoms with Gasteiger partial charge in [0.05, 0.1) is 0 Å². The molecule has 1 aliphatic rings. The first kappa shape index (κ1) is 11.7. The quantitative estimate of drug-likeness (QED) is 0.791. The van der Waals surface area contributed by atoms with Crippen LogP contribution in [0.1, 0.15) is 44.6 Å². The molecule has 1 nitrogen and oxygen atoms in total. The minimum atomic E-state index is 0.681. The second kappa shape index (κ2) is 6.05. The summed E-state index contributed by atoms with van der Waals surface area (Å²) in [5, 5.41) is 3.70. The molecule has 87 valence electrons. The molecule has 1 saturated carbocycles. The average Bonchev–Trinajstić information content (AvgIpc) is 2.76. The second-order valence-corrected chi connectivity index (χ2v) is 4.72. The van der Waals surface area contributed by atoms with Crippen molar-refractivity contribution in [2.24, 2.45) is 0 Å². The molecule has 0 spiro atoms. The van der Waals surface area contributed by atoms with Crippen molar-refractivity contribution in [1.82, 2.24) is 5.32 Å². The first-order valence-electron chi connectivity index (χ1n) is 6.52. The molecule has 0 aliphatic heterocycles. The molecule has 1 atom stereocenters. The van der Waals surface area contributed by atoms with Crippen molar-refractivity contribution in [1.29, 1.82) is 0 Å². The molecule has 0 amide bonds. The predicted octanol–water partition coefficient (Wildman–Crippen LogP) is 3.70. The minimum absolute atomic E-state index is 0.681. The second-order valence-electron chi connectivity index (χ2n) is 4.72. The number of nitrogens with one attached hydrogen (secondary N) is 1. The van der Waals surface area contributed by atoms with E-state index in [1.54, 1.807) is 5.92 Å². The highest BCUT2D eigenvalue weighted by molar-refractivity contribution is 5.15. The molecule has 1 N–H and O–H groups in total. The minimum Gasteiger partial charge on any atom is -0.309 e. The van der Waals surface area contributed by atoms with Gasteiger partial charge in [-0.15, -0.1) is 0 Å². The lowest BCUT2D eigenvalue weighted by molar-refractivity contribution is 0.521. The van der Waals surface area contributed by atoms with E-state index < -0.39 is 0 Å². The molecule has 0 bridgehead atoms. The van der Waals surface area contributed by atoms with Gasteiger partial charge in [-0.25, -0.2) is 0 Å². The van der Waals surface area contributed by atoms with E-state index in [0.29, 0.717) is 6.04 Å². The van der Waals surface area contributed by atoms with Gasteiger partial charge in [0.2, 0.25) is 0 Å². The van der Waals surface area contributed by atoms with Crippen molar-refractivity contribution in [3.05, 3.63) is 41.8 Å². The molecular weight excluding hydrogens is 194 g/mol. The monoisotopic (exact) mass is 216 g/mol. The largest absolute Gasteiger partial charge is 0.309 e. The van der Waals surface area contributed by atoms with E-state index in [1.165, 1.54) is 37.7 Å². The van der Waals surface area contributed by atoms with Gasteiger partial charge in [0.25, 0.3) is 0 Å². The maximum absolute atomic E-state index is 3.70. The predicted molar refractivity (Wildman–Crippen MR) is 69.1 cm³/mol. The van der Waals surface area contributed by atoms with Crippen LogP contribution in [0.3, 0.4) is 0 Å². The molecule has 0 heterocycles. The van der Waals surface area contributed by atoms with Crippen LogP contribution >= 0.6 is 0 Å². The van der Waals surface area contributed by atoms with Crippen molar-refractivity contribution >= 4 is 0 Å². The van der Waals surface area contributed by atoms with Crippen LogP contribution in [0.4, 0.5) is 0 Å². The van der Waals surface area contributed by atoms with Crippen LogP contribution in [0, 0.1) is 5.92 Å². The Balaban J connectivity index is 1.81. The highest BCUT2D eigenvalue weighted by Gasteiger charge is 2.26. The van der Waals surface area contributed by atoms with Crippen LogP contribution in [-0.4, -0.2) is 6.04 Å². The molecular formula is C15H22N. The maximum Gasteiger partial charge on any atom is 0.0208 e. The van der Waals surface area contributed by atoms with E-state index >= 15 is 0 Å². The Morgan fingerprint density at radius 2 is 2.06 bits per heavy atom. The van der Waals surface area contributed by atoms with Crippen molar-refractivity contribution in [3.63, 3.8) is 0 Å². The fourth-order valence-electron chi connectivity index (χ4n) is 2.62. The van der Waals surface area contributed by atoms with Crippen LogP contribution in [-0.2, 0) is 6.54 Å². The molecule has 1 aromatic carbocycles. The number of benzene rings is 1. The SMILES string of the molecule is CCC[C]1CCCC1NCc1ccccc1. The van der Waals surface area contributed by atoms with Gasteiger partial charge in [0.15, 0.2) is 0 Å². The molecule has 1 heteroatoms. The Bertz CT molecular complexity index is 294. The first-order valence-corrected chi connectivity index (χ1v) is 6.52. The van der Waals surface area contributed by atoms with Crippen molar-refractivity contribution in [2.75, 3.05) is 0 Å². The zero-order chi connectivity index (χ0) is 11.2. The van der Waals surface area contributed by atoms with E-state index in [4.69, 9.17) is 0 Å². The summed E-state index contributed by atoms with van der Waals surface area (Å²) in [5.74, 6) is 1.75. The molecule has 1 radical (unpaired) electrons. The third-order valence-corrected chi connectivity index (χ3v) is 3.45. The molecule has 0 aromatic heterocycles. The average molecular weight is 216 g/mol. The van der Waals surface area contributed by atoms with Crippen LogP contribution in [0.5, 0.6) is 0 Å². The Hall–Kier alpha value is -0.820. The van der Waals surface area contributed by atoms with Gasteiger partial charge in [-0.3, -0.25) is 0 Å². The van der Waals surface area contributed by atoms with E-state index in [0.717, 1.165) is 6.54 Å². The molecule has 1 unspecified atom stereocenters. The summed E-state index contributed by atoms with van der Waals surface area (Å²) in [5.41, 5.74) is 1.39. The Morgan fingerprint density at radius 3 is 2.81 bits per heavy atom. The number of hydrogen-bond donors (Lipinski definition) is 1. The lowest BCUT2D eigenvalue weighted by Gasteiger charge is -2.20. The van der Waals surface area contributed by atoms with Gasteiger partial charge in [0.1, 0.15) is 0 Å². The van der Waals surface area contributed by atoms with Gasteiger partial charge in [-0.1, -0.05) is 50.1 Å². The summed E-state index contributed by atoms with van der Waals surface area (Å²) < 4.78 is 0. The molecule has 1 aromatic rings. The van der Waals surface area contributed by atoms with Crippen LogP contribution in [0.25, 0.3) is 0 Å². The summed E-state index contributed by atoms with van der Waals surface area (Å²) in [6.07, 6.45) is 6.66. The van der Waals surface area contributed by atoms with Crippen LogP contribution in [0.2, 0.25) is 0 Å². The standard InChI is InChI=1S/C15H22N/c1-2-7-14-10-6-11-15(14)16-12-13-8-4-3-5-9-13/h3-5,8-9,15-16H,2,6-7,10-12H2,1H3. The number of rotatable bonds is 5.